The smallest absolute Gasteiger partial charge is 0.181 e. The Morgan fingerprint density at radius 2 is 2.00 bits per heavy atom. The van der Waals surface area contributed by atoms with E-state index in [1.54, 1.807) is 26.0 Å². The van der Waals surface area contributed by atoms with Crippen LogP contribution in [0.15, 0.2) is 29.2 Å². The summed E-state index contributed by atoms with van der Waals surface area (Å²) in [5, 5.41) is 2.99. The number of sulfone groups is 1. The molecule has 3 nitrogen and oxygen atoms in total. The van der Waals surface area contributed by atoms with Gasteiger partial charge in [-0.2, -0.15) is 0 Å². The molecule has 2 rings (SSSR count). The summed E-state index contributed by atoms with van der Waals surface area (Å²) in [6.45, 7) is 4.43. The van der Waals surface area contributed by atoms with Gasteiger partial charge in [0.25, 0.3) is 0 Å². The Bertz CT molecular complexity index is 488. The molecule has 0 amide bonds. The van der Waals surface area contributed by atoms with E-state index in [0.29, 0.717) is 4.90 Å². The Balaban J connectivity index is 2.47. The molecule has 0 saturated carbocycles. The van der Waals surface area contributed by atoms with E-state index in [2.05, 4.69) is 5.32 Å². The largest absolute Gasteiger partial charge is 0.310 e. The first-order valence-electron chi connectivity index (χ1n) is 6.09. The average Bonchev–Trinajstić information content (AvgIpc) is 2.82. The molecule has 4 heteroatoms. The molecule has 17 heavy (non-hydrogen) atoms. The van der Waals surface area contributed by atoms with Gasteiger partial charge in [0.15, 0.2) is 9.84 Å². The highest BCUT2D eigenvalue weighted by molar-refractivity contribution is 7.92. The van der Waals surface area contributed by atoms with Gasteiger partial charge in [-0.25, -0.2) is 8.42 Å². The maximum atomic E-state index is 12.3. The maximum Gasteiger partial charge on any atom is 0.181 e. The first-order valence-corrected chi connectivity index (χ1v) is 7.64. The van der Waals surface area contributed by atoms with E-state index in [0.717, 1.165) is 24.9 Å². The van der Waals surface area contributed by atoms with Gasteiger partial charge < -0.3 is 5.32 Å². The van der Waals surface area contributed by atoms with Gasteiger partial charge in [-0.15, -0.1) is 0 Å². The van der Waals surface area contributed by atoms with Crippen LogP contribution in [0.1, 0.15) is 38.3 Å². The summed E-state index contributed by atoms with van der Waals surface area (Å²) < 4.78 is 24.6. The molecule has 1 N–H and O–H groups in total. The zero-order valence-electron chi connectivity index (χ0n) is 10.3. The van der Waals surface area contributed by atoms with E-state index in [4.69, 9.17) is 0 Å². The standard InChI is InChI=1S/C13H19NO2S/c1-10(2)17(15,16)13-8-4-3-6-11(13)12-7-5-9-14-12/h3-4,6,8,10,12,14H,5,7,9H2,1-2H3/t12-/m1/s1. The summed E-state index contributed by atoms with van der Waals surface area (Å²) in [6.07, 6.45) is 2.13. The van der Waals surface area contributed by atoms with Crippen molar-refractivity contribution in [1.82, 2.24) is 5.32 Å². The minimum Gasteiger partial charge on any atom is -0.310 e. The molecule has 1 aromatic carbocycles. The summed E-state index contributed by atoms with van der Waals surface area (Å²) in [5.41, 5.74) is 0.929. The SMILES string of the molecule is CC(C)S(=O)(=O)c1ccccc1[C@H]1CCCN1. The van der Waals surface area contributed by atoms with E-state index < -0.39 is 9.84 Å². The lowest BCUT2D eigenvalue weighted by atomic mass is 10.1. The van der Waals surface area contributed by atoms with Crippen LogP contribution < -0.4 is 5.32 Å². The maximum absolute atomic E-state index is 12.3. The van der Waals surface area contributed by atoms with Crippen molar-refractivity contribution < 1.29 is 8.42 Å². The van der Waals surface area contributed by atoms with Gasteiger partial charge in [-0.05, 0) is 44.9 Å². The molecule has 0 radical (unpaired) electrons. The molecule has 0 bridgehead atoms. The third-order valence-corrected chi connectivity index (χ3v) is 5.51. The third-order valence-electron chi connectivity index (χ3n) is 3.28. The van der Waals surface area contributed by atoms with Crippen LogP contribution in [0.5, 0.6) is 0 Å². The molecule has 0 unspecified atom stereocenters. The Kier molecular flexibility index (Phi) is 3.54. The fourth-order valence-corrected chi connectivity index (χ4v) is 3.55. The lowest BCUT2D eigenvalue weighted by Crippen LogP contribution is -2.20. The second-order valence-corrected chi connectivity index (χ2v) is 7.25. The van der Waals surface area contributed by atoms with Gasteiger partial charge in [-0.1, -0.05) is 18.2 Å². The molecule has 1 saturated heterocycles. The summed E-state index contributed by atoms with van der Waals surface area (Å²) in [7, 11) is -3.18. The van der Waals surface area contributed by atoms with E-state index in [9.17, 15) is 8.42 Å². The van der Waals surface area contributed by atoms with Crippen molar-refractivity contribution >= 4 is 9.84 Å². The Morgan fingerprint density at radius 1 is 1.29 bits per heavy atom. The quantitative estimate of drug-likeness (QED) is 0.899. The summed E-state index contributed by atoms with van der Waals surface area (Å²) in [4.78, 5) is 0.495. The molecule has 0 aromatic heterocycles. The van der Waals surface area contributed by atoms with Gasteiger partial charge in [0.1, 0.15) is 0 Å². The zero-order valence-corrected chi connectivity index (χ0v) is 11.1. The number of hydrogen-bond acceptors (Lipinski definition) is 3. The molecule has 1 aliphatic heterocycles. The Hall–Kier alpha value is -0.870. The first kappa shape index (κ1) is 12.6. The minimum absolute atomic E-state index is 0.194. The topological polar surface area (TPSA) is 46.2 Å². The lowest BCUT2D eigenvalue weighted by molar-refractivity contribution is 0.579. The predicted octanol–water partition coefficient (Wildman–Crippen LogP) is 2.29. The number of nitrogens with one attached hydrogen (secondary N) is 1. The predicted molar refractivity (Wildman–Crippen MR) is 68.7 cm³/mol. The van der Waals surface area contributed by atoms with Crippen molar-refractivity contribution in [2.75, 3.05) is 6.54 Å². The molecule has 1 aliphatic rings. The van der Waals surface area contributed by atoms with Crippen molar-refractivity contribution in [1.29, 1.82) is 0 Å². The fraction of sp³-hybridized carbons (Fsp3) is 0.538. The van der Waals surface area contributed by atoms with Gasteiger partial charge in [0.05, 0.1) is 10.1 Å². The van der Waals surface area contributed by atoms with Crippen LogP contribution >= 0.6 is 0 Å². The highest BCUT2D eigenvalue weighted by Gasteiger charge is 2.27. The van der Waals surface area contributed by atoms with Gasteiger partial charge in [0.2, 0.25) is 0 Å². The molecule has 0 aliphatic carbocycles. The highest BCUT2D eigenvalue weighted by Crippen LogP contribution is 2.30. The molecular weight excluding hydrogens is 234 g/mol. The minimum atomic E-state index is -3.18. The fourth-order valence-electron chi connectivity index (χ4n) is 2.23. The van der Waals surface area contributed by atoms with Crippen molar-refractivity contribution in [2.24, 2.45) is 0 Å². The average molecular weight is 253 g/mol. The number of benzene rings is 1. The van der Waals surface area contributed by atoms with Gasteiger partial charge >= 0.3 is 0 Å². The van der Waals surface area contributed by atoms with E-state index in [1.807, 2.05) is 12.1 Å². The molecule has 1 heterocycles. The second kappa shape index (κ2) is 4.78. The van der Waals surface area contributed by atoms with E-state index >= 15 is 0 Å². The Labute approximate surface area is 103 Å². The third kappa shape index (κ3) is 2.38. The molecule has 0 spiro atoms. The van der Waals surface area contributed by atoms with Crippen LogP contribution in [-0.2, 0) is 9.84 Å². The zero-order chi connectivity index (χ0) is 12.5. The van der Waals surface area contributed by atoms with E-state index in [-0.39, 0.29) is 11.3 Å². The summed E-state index contributed by atoms with van der Waals surface area (Å²) >= 11 is 0. The van der Waals surface area contributed by atoms with Gasteiger partial charge in [-0.3, -0.25) is 0 Å². The van der Waals surface area contributed by atoms with Crippen LogP contribution in [0.25, 0.3) is 0 Å². The van der Waals surface area contributed by atoms with Crippen molar-refractivity contribution in [3.63, 3.8) is 0 Å². The molecule has 94 valence electrons. The first-order chi connectivity index (χ1) is 8.03. The molecule has 1 fully saturated rings. The van der Waals surface area contributed by atoms with Crippen LogP contribution in [0.3, 0.4) is 0 Å². The van der Waals surface area contributed by atoms with Crippen LogP contribution in [0, 0.1) is 0 Å². The molecule has 1 aromatic rings. The van der Waals surface area contributed by atoms with Crippen LogP contribution in [-0.4, -0.2) is 20.2 Å². The van der Waals surface area contributed by atoms with Crippen molar-refractivity contribution in [3.8, 4) is 0 Å². The molecule has 1 atom stereocenters. The lowest BCUT2D eigenvalue weighted by Gasteiger charge is -2.17. The normalized spacial score (nSPS) is 21.0. The number of hydrogen-bond donors (Lipinski definition) is 1. The molecular formula is C13H19NO2S. The summed E-state index contributed by atoms with van der Waals surface area (Å²) in [5.74, 6) is 0. The number of rotatable bonds is 3. The van der Waals surface area contributed by atoms with E-state index in [1.165, 1.54) is 0 Å². The highest BCUT2D eigenvalue weighted by atomic mass is 32.2. The monoisotopic (exact) mass is 253 g/mol. The van der Waals surface area contributed by atoms with Gasteiger partial charge in [0, 0.05) is 6.04 Å². The second-order valence-electron chi connectivity index (χ2n) is 4.78. The van der Waals surface area contributed by atoms with Crippen molar-refractivity contribution in [3.05, 3.63) is 29.8 Å². The summed E-state index contributed by atoms with van der Waals surface area (Å²) in [6, 6.07) is 7.56. The van der Waals surface area contributed by atoms with Crippen molar-refractivity contribution in [2.45, 2.75) is 42.9 Å². The van der Waals surface area contributed by atoms with Crippen LogP contribution in [0.2, 0.25) is 0 Å². The van der Waals surface area contributed by atoms with Crippen LogP contribution in [0.4, 0.5) is 0 Å². The Morgan fingerprint density at radius 3 is 2.59 bits per heavy atom.